The van der Waals surface area contributed by atoms with E-state index in [0.29, 0.717) is 6.42 Å². The highest BCUT2D eigenvalue weighted by Crippen LogP contribution is 1.95. The molecule has 0 radical (unpaired) electrons. The molecule has 0 aliphatic rings. The zero-order valence-electron chi connectivity index (χ0n) is 7.57. The second-order valence-corrected chi connectivity index (χ2v) is 2.63. The minimum atomic E-state index is -0.253. The van der Waals surface area contributed by atoms with Gasteiger partial charge in [0.1, 0.15) is 5.69 Å². The van der Waals surface area contributed by atoms with Crippen molar-refractivity contribution in [3.05, 3.63) is 22.9 Å². The Labute approximate surface area is 75.4 Å². The summed E-state index contributed by atoms with van der Waals surface area (Å²) in [6.45, 7) is 1.72. The van der Waals surface area contributed by atoms with E-state index in [9.17, 15) is 9.59 Å². The standard InChI is InChI=1S/C8H11N3O2/c1-3-7(12)10-6-4-9-5-11(2)8(6)13/h4-5H,3H2,1-2H3,(H,10,12). The maximum atomic E-state index is 11.3. The molecule has 1 rings (SSSR count). The van der Waals surface area contributed by atoms with E-state index in [0.717, 1.165) is 0 Å². The molecule has 13 heavy (non-hydrogen) atoms. The van der Waals surface area contributed by atoms with Gasteiger partial charge in [0.15, 0.2) is 0 Å². The van der Waals surface area contributed by atoms with E-state index in [-0.39, 0.29) is 17.2 Å². The largest absolute Gasteiger partial charge is 0.320 e. The fourth-order valence-electron chi connectivity index (χ4n) is 0.830. The van der Waals surface area contributed by atoms with Gasteiger partial charge in [-0.2, -0.15) is 0 Å². The maximum absolute atomic E-state index is 11.3. The molecule has 1 aromatic heterocycles. The molecule has 70 valence electrons. The van der Waals surface area contributed by atoms with Gasteiger partial charge in [-0.3, -0.25) is 9.59 Å². The van der Waals surface area contributed by atoms with Crippen molar-refractivity contribution in [2.24, 2.45) is 7.05 Å². The molecule has 5 nitrogen and oxygen atoms in total. The quantitative estimate of drug-likeness (QED) is 0.705. The first-order valence-electron chi connectivity index (χ1n) is 3.95. The van der Waals surface area contributed by atoms with E-state index in [1.165, 1.54) is 17.1 Å². The van der Waals surface area contributed by atoms with Gasteiger partial charge in [-0.25, -0.2) is 4.98 Å². The molecule has 0 unspecified atom stereocenters. The van der Waals surface area contributed by atoms with E-state index in [2.05, 4.69) is 10.3 Å². The van der Waals surface area contributed by atoms with Gasteiger partial charge in [-0.05, 0) is 0 Å². The Morgan fingerprint density at radius 2 is 2.38 bits per heavy atom. The minimum absolute atomic E-state index is 0.190. The van der Waals surface area contributed by atoms with E-state index < -0.39 is 0 Å². The number of carbonyl (C=O) groups excluding carboxylic acids is 1. The summed E-state index contributed by atoms with van der Waals surface area (Å²) in [7, 11) is 1.58. The lowest BCUT2D eigenvalue weighted by Crippen LogP contribution is -2.23. The summed E-state index contributed by atoms with van der Waals surface area (Å²) in [6.07, 6.45) is 3.08. The lowest BCUT2D eigenvalue weighted by Gasteiger charge is -2.02. The molecule has 0 spiro atoms. The predicted octanol–water partition coefficient (Wildman–Crippen LogP) is 0.129. The molecule has 0 atom stereocenters. The van der Waals surface area contributed by atoms with Crippen molar-refractivity contribution in [1.82, 2.24) is 9.55 Å². The number of hydrogen-bond donors (Lipinski definition) is 1. The Bertz CT molecular complexity index is 370. The van der Waals surface area contributed by atoms with Crippen molar-refractivity contribution >= 4 is 11.6 Å². The lowest BCUT2D eigenvalue weighted by atomic mass is 10.4. The van der Waals surface area contributed by atoms with Crippen LogP contribution in [0.5, 0.6) is 0 Å². The highest BCUT2D eigenvalue weighted by Gasteiger charge is 2.03. The Kier molecular flexibility index (Phi) is 2.79. The van der Waals surface area contributed by atoms with Crippen LogP contribution in [0.15, 0.2) is 17.3 Å². The molecule has 1 N–H and O–H groups in total. The third-order valence-corrected chi connectivity index (χ3v) is 1.59. The minimum Gasteiger partial charge on any atom is -0.320 e. The average Bonchev–Trinajstić information content (AvgIpc) is 2.13. The van der Waals surface area contributed by atoms with Crippen LogP contribution < -0.4 is 10.9 Å². The van der Waals surface area contributed by atoms with Crippen LogP contribution in [0.3, 0.4) is 0 Å². The molecular weight excluding hydrogens is 170 g/mol. The fourth-order valence-corrected chi connectivity index (χ4v) is 0.830. The number of amides is 1. The zero-order valence-corrected chi connectivity index (χ0v) is 7.57. The second kappa shape index (κ2) is 3.84. The molecule has 1 amide bonds. The number of aryl methyl sites for hydroxylation is 1. The summed E-state index contributed by atoms with van der Waals surface area (Å²) >= 11 is 0. The van der Waals surface area contributed by atoms with Crippen molar-refractivity contribution < 1.29 is 4.79 Å². The third-order valence-electron chi connectivity index (χ3n) is 1.59. The first kappa shape index (κ1) is 9.44. The predicted molar refractivity (Wildman–Crippen MR) is 48.4 cm³/mol. The van der Waals surface area contributed by atoms with Gasteiger partial charge in [0.2, 0.25) is 5.91 Å². The van der Waals surface area contributed by atoms with Crippen LogP contribution >= 0.6 is 0 Å². The topological polar surface area (TPSA) is 64.0 Å². The molecule has 0 aromatic carbocycles. The zero-order chi connectivity index (χ0) is 9.84. The number of aromatic nitrogens is 2. The van der Waals surface area contributed by atoms with E-state index in [1.807, 2.05) is 0 Å². The highest BCUT2D eigenvalue weighted by atomic mass is 16.2. The molecule has 5 heteroatoms. The van der Waals surface area contributed by atoms with E-state index in [1.54, 1.807) is 14.0 Å². The molecule has 0 saturated heterocycles. The molecule has 1 heterocycles. The van der Waals surface area contributed by atoms with Gasteiger partial charge in [-0.1, -0.05) is 6.92 Å². The average molecular weight is 181 g/mol. The van der Waals surface area contributed by atoms with Crippen LogP contribution in [0.25, 0.3) is 0 Å². The first-order chi connectivity index (χ1) is 6.15. The van der Waals surface area contributed by atoms with Crippen LogP contribution in [0, 0.1) is 0 Å². The molecule has 0 saturated carbocycles. The van der Waals surface area contributed by atoms with Gasteiger partial charge < -0.3 is 9.88 Å². The Morgan fingerprint density at radius 3 is 3.00 bits per heavy atom. The van der Waals surface area contributed by atoms with Crippen LogP contribution in [-0.2, 0) is 11.8 Å². The summed E-state index contributed by atoms with van der Waals surface area (Å²) < 4.78 is 1.31. The van der Waals surface area contributed by atoms with Crippen LogP contribution in [0.1, 0.15) is 13.3 Å². The Balaban J connectivity index is 2.96. The number of carbonyl (C=O) groups is 1. The van der Waals surface area contributed by atoms with Gasteiger partial charge in [0, 0.05) is 13.5 Å². The van der Waals surface area contributed by atoms with Crippen LogP contribution in [0.4, 0.5) is 5.69 Å². The second-order valence-electron chi connectivity index (χ2n) is 2.63. The summed E-state index contributed by atoms with van der Waals surface area (Å²) in [5, 5.41) is 2.47. The maximum Gasteiger partial charge on any atom is 0.276 e. The van der Waals surface area contributed by atoms with Crippen molar-refractivity contribution in [3.8, 4) is 0 Å². The number of rotatable bonds is 2. The Hall–Kier alpha value is -1.65. The summed E-state index contributed by atoms with van der Waals surface area (Å²) in [6, 6.07) is 0. The lowest BCUT2D eigenvalue weighted by molar-refractivity contribution is -0.115. The number of hydrogen-bond acceptors (Lipinski definition) is 3. The van der Waals surface area contributed by atoms with Gasteiger partial charge in [0.25, 0.3) is 5.56 Å². The Morgan fingerprint density at radius 1 is 1.69 bits per heavy atom. The molecule has 0 bridgehead atoms. The van der Waals surface area contributed by atoms with Crippen LogP contribution in [-0.4, -0.2) is 15.5 Å². The summed E-state index contributed by atoms with van der Waals surface area (Å²) in [5.74, 6) is -0.190. The number of nitrogens with zero attached hydrogens (tertiary/aromatic N) is 2. The normalized spacial score (nSPS) is 9.69. The third kappa shape index (κ3) is 2.14. The number of anilines is 1. The van der Waals surface area contributed by atoms with Crippen molar-refractivity contribution in [2.45, 2.75) is 13.3 Å². The van der Waals surface area contributed by atoms with E-state index in [4.69, 9.17) is 0 Å². The molecule has 1 aromatic rings. The van der Waals surface area contributed by atoms with Crippen molar-refractivity contribution in [2.75, 3.05) is 5.32 Å². The van der Waals surface area contributed by atoms with E-state index >= 15 is 0 Å². The van der Waals surface area contributed by atoms with Gasteiger partial charge >= 0.3 is 0 Å². The fraction of sp³-hybridized carbons (Fsp3) is 0.375. The molecule has 0 aliphatic heterocycles. The molecule has 0 fully saturated rings. The smallest absolute Gasteiger partial charge is 0.276 e. The highest BCUT2D eigenvalue weighted by molar-refractivity contribution is 5.89. The first-order valence-corrected chi connectivity index (χ1v) is 3.95. The van der Waals surface area contributed by atoms with Crippen molar-refractivity contribution in [3.63, 3.8) is 0 Å². The van der Waals surface area contributed by atoms with Gasteiger partial charge in [0.05, 0.1) is 12.5 Å². The monoisotopic (exact) mass is 181 g/mol. The van der Waals surface area contributed by atoms with Crippen LogP contribution in [0.2, 0.25) is 0 Å². The molecular formula is C8H11N3O2. The summed E-state index contributed by atoms with van der Waals surface area (Å²) in [5.41, 5.74) is -0.0337. The SMILES string of the molecule is CCC(=O)Nc1cncn(C)c1=O. The molecule has 0 aliphatic carbocycles. The van der Waals surface area contributed by atoms with Gasteiger partial charge in [-0.15, -0.1) is 0 Å². The number of nitrogens with one attached hydrogen (secondary N) is 1. The van der Waals surface area contributed by atoms with Crippen molar-refractivity contribution in [1.29, 1.82) is 0 Å². The summed E-state index contributed by atoms with van der Waals surface area (Å²) in [4.78, 5) is 26.1.